The highest BCUT2D eigenvalue weighted by atomic mass is 19.3. The number of aliphatic hydroxyl groups is 1. The van der Waals surface area contributed by atoms with E-state index >= 15 is 0 Å². The molecule has 6 heteroatoms. The smallest absolute Gasteiger partial charge is 0.261 e. The highest BCUT2D eigenvalue weighted by Gasteiger charge is 2.40. The highest BCUT2D eigenvalue weighted by Crippen LogP contribution is 2.37. The molecular formula is C23H26F2N2O2. The molecule has 1 amide bonds. The van der Waals surface area contributed by atoms with Crippen LogP contribution in [0.3, 0.4) is 0 Å². The van der Waals surface area contributed by atoms with Crippen molar-refractivity contribution in [3.63, 3.8) is 0 Å². The maximum absolute atomic E-state index is 13.7. The predicted octanol–water partition coefficient (Wildman–Crippen LogP) is 3.94. The van der Waals surface area contributed by atoms with Gasteiger partial charge in [0.15, 0.2) is 0 Å². The molecule has 0 spiro atoms. The fourth-order valence-electron chi connectivity index (χ4n) is 5.31. The Hall–Kier alpha value is -2.05. The van der Waals surface area contributed by atoms with Crippen molar-refractivity contribution in [2.24, 2.45) is 0 Å². The van der Waals surface area contributed by atoms with Crippen molar-refractivity contribution in [1.29, 1.82) is 0 Å². The van der Waals surface area contributed by atoms with E-state index in [2.05, 4.69) is 0 Å². The van der Waals surface area contributed by atoms with Crippen molar-refractivity contribution in [3.8, 4) is 0 Å². The second-order valence-corrected chi connectivity index (χ2v) is 8.78. The summed E-state index contributed by atoms with van der Waals surface area (Å²) in [4.78, 5) is 16.9. The summed E-state index contributed by atoms with van der Waals surface area (Å²) in [5.41, 5.74) is 2.60. The molecule has 2 aromatic carbocycles. The second-order valence-electron chi connectivity index (χ2n) is 8.78. The maximum Gasteiger partial charge on any atom is 0.261 e. The summed E-state index contributed by atoms with van der Waals surface area (Å²) in [6.45, 7) is 1.07. The van der Waals surface area contributed by atoms with Crippen molar-refractivity contribution in [3.05, 3.63) is 47.0 Å². The molecule has 0 bridgehead atoms. The Morgan fingerprint density at radius 2 is 1.90 bits per heavy atom. The molecule has 3 aliphatic rings. The molecule has 4 nitrogen and oxygen atoms in total. The summed E-state index contributed by atoms with van der Waals surface area (Å²) in [5.74, 6) is -2.67. The molecule has 2 heterocycles. The molecule has 0 radical (unpaired) electrons. The summed E-state index contributed by atoms with van der Waals surface area (Å²) in [7, 11) is 0. The molecule has 1 N–H and O–H groups in total. The first-order valence-electron chi connectivity index (χ1n) is 10.6. The monoisotopic (exact) mass is 400 g/mol. The second kappa shape index (κ2) is 7.03. The van der Waals surface area contributed by atoms with Crippen molar-refractivity contribution in [1.82, 2.24) is 9.80 Å². The van der Waals surface area contributed by atoms with E-state index in [-0.39, 0.29) is 24.9 Å². The van der Waals surface area contributed by atoms with Crippen molar-refractivity contribution < 1.29 is 18.7 Å². The lowest BCUT2D eigenvalue weighted by molar-refractivity contribution is 0.0115. The topological polar surface area (TPSA) is 43.8 Å². The maximum atomic E-state index is 13.7. The van der Waals surface area contributed by atoms with Crippen LogP contribution in [0.2, 0.25) is 0 Å². The van der Waals surface area contributed by atoms with E-state index in [4.69, 9.17) is 0 Å². The number of benzene rings is 2. The minimum Gasteiger partial charge on any atom is -0.391 e. The highest BCUT2D eigenvalue weighted by molar-refractivity contribution is 6.05. The normalized spacial score (nSPS) is 27.0. The number of carbonyl (C=O) groups is 1. The summed E-state index contributed by atoms with van der Waals surface area (Å²) < 4.78 is 27.3. The van der Waals surface area contributed by atoms with Crippen LogP contribution in [0.4, 0.5) is 8.78 Å². The number of alkyl halides is 2. The molecule has 1 saturated carbocycles. The SMILES string of the molecule is O=C1c2cc(CN3CCC(F)(F)C3)c3ccccc3c2CN1C1CCCCC1O. The van der Waals surface area contributed by atoms with Gasteiger partial charge in [0, 0.05) is 31.6 Å². The van der Waals surface area contributed by atoms with E-state index in [0.717, 1.165) is 47.6 Å². The van der Waals surface area contributed by atoms with Crippen molar-refractivity contribution >= 4 is 16.7 Å². The minimum absolute atomic E-state index is 0.0373. The molecular weight excluding hydrogens is 374 g/mol. The van der Waals surface area contributed by atoms with Gasteiger partial charge >= 0.3 is 0 Å². The Bertz CT molecular complexity index is 961. The van der Waals surface area contributed by atoms with Gasteiger partial charge < -0.3 is 10.0 Å². The van der Waals surface area contributed by atoms with Crippen LogP contribution in [0.5, 0.6) is 0 Å². The largest absolute Gasteiger partial charge is 0.391 e. The van der Waals surface area contributed by atoms with E-state index in [1.807, 2.05) is 35.2 Å². The number of hydrogen-bond donors (Lipinski definition) is 1. The summed E-state index contributed by atoms with van der Waals surface area (Å²) in [6.07, 6.45) is 3.01. The van der Waals surface area contributed by atoms with Crippen LogP contribution in [0.25, 0.3) is 10.8 Å². The van der Waals surface area contributed by atoms with Gasteiger partial charge in [-0.3, -0.25) is 9.69 Å². The van der Waals surface area contributed by atoms with Gasteiger partial charge in [0.2, 0.25) is 0 Å². The lowest BCUT2D eigenvalue weighted by atomic mass is 9.91. The molecule has 154 valence electrons. The number of nitrogens with zero attached hydrogens (tertiary/aromatic N) is 2. The zero-order valence-electron chi connectivity index (χ0n) is 16.4. The van der Waals surface area contributed by atoms with Gasteiger partial charge in [-0.05, 0) is 40.8 Å². The average molecular weight is 400 g/mol. The van der Waals surface area contributed by atoms with E-state index in [1.165, 1.54) is 0 Å². The Labute approximate surface area is 169 Å². The third-order valence-electron chi connectivity index (χ3n) is 6.80. The first-order valence-corrected chi connectivity index (χ1v) is 10.6. The molecule has 1 aliphatic carbocycles. The minimum atomic E-state index is -2.63. The third kappa shape index (κ3) is 3.32. The number of carbonyl (C=O) groups excluding carboxylic acids is 1. The van der Waals surface area contributed by atoms with Gasteiger partial charge in [-0.1, -0.05) is 37.1 Å². The van der Waals surface area contributed by atoms with Gasteiger partial charge in [-0.15, -0.1) is 0 Å². The standard InChI is InChI=1S/C23H26F2N2O2/c24-23(25)9-10-26(14-23)12-15-11-18-19(17-6-2-1-5-16(15)17)13-27(22(18)29)20-7-3-4-8-21(20)28/h1-2,5-6,11,20-21,28H,3-4,7-10,12-14H2. The fourth-order valence-corrected chi connectivity index (χ4v) is 5.31. The van der Waals surface area contributed by atoms with Gasteiger partial charge in [-0.2, -0.15) is 0 Å². The summed E-state index contributed by atoms with van der Waals surface area (Å²) >= 11 is 0. The van der Waals surface area contributed by atoms with Gasteiger partial charge in [0.25, 0.3) is 11.8 Å². The number of rotatable bonds is 3. The van der Waals surface area contributed by atoms with Crippen LogP contribution in [-0.4, -0.2) is 52.0 Å². The van der Waals surface area contributed by atoms with Crippen LogP contribution < -0.4 is 0 Å². The molecule has 2 unspecified atom stereocenters. The van der Waals surface area contributed by atoms with Crippen LogP contribution in [-0.2, 0) is 13.1 Å². The van der Waals surface area contributed by atoms with Crippen molar-refractivity contribution in [2.45, 2.75) is 63.3 Å². The Morgan fingerprint density at radius 3 is 2.62 bits per heavy atom. The van der Waals surface area contributed by atoms with E-state index in [0.29, 0.717) is 25.2 Å². The van der Waals surface area contributed by atoms with Crippen LogP contribution >= 0.6 is 0 Å². The summed E-state index contributed by atoms with van der Waals surface area (Å²) in [6, 6.07) is 9.72. The number of hydrogen-bond acceptors (Lipinski definition) is 3. The van der Waals surface area contributed by atoms with Gasteiger partial charge in [-0.25, -0.2) is 8.78 Å². The number of likely N-dealkylation sites (tertiary alicyclic amines) is 1. The molecule has 2 atom stereocenters. The number of aliphatic hydroxyl groups excluding tert-OH is 1. The number of amides is 1. The Balaban J connectivity index is 1.51. The Morgan fingerprint density at radius 1 is 1.14 bits per heavy atom. The molecule has 5 rings (SSSR count). The third-order valence-corrected chi connectivity index (χ3v) is 6.80. The number of fused-ring (bicyclic) bond motifs is 3. The quantitative estimate of drug-likeness (QED) is 0.849. The first-order chi connectivity index (χ1) is 13.9. The van der Waals surface area contributed by atoms with E-state index in [9.17, 15) is 18.7 Å². The van der Waals surface area contributed by atoms with Crippen LogP contribution in [0.15, 0.2) is 30.3 Å². The predicted molar refractivity (Wildman–Crippen MR) is 107 cm³/mol. The molecule has 2 aromatic rings. The molecule has 29 heavy (non-hydrogen) atoms. The van der Waals surface area contributed by atoms with Crippen LogP contribution in [0.1, 0.15) is 53.6 Å². The van der Waals surface area contributed by atoms with Crippen molar-refractivity contribution in [2.75, 3.05) is 13.1 Å². The zero-order chi connectivity index (χ0) is 20.2. The molecule has 2 fully saturated rings. The average Bonchev–Trinajstić information content (AvgIpc) is 3.22. The summed E-state index contributed by atoms with van der Waals surface area (Å²) in [5, 5.41) is 12.5. The van der Waals surface area contributed by atoms with Gasteiger partial charge in [0.1, 0.15) is 0 Å². The first kappa shape index (κ1) is 18.9. The zero-order valence-corrected chi connectivity index (χ0v) is 16.4. The molecule has 2 aliphatic heterocycles. The fraction of sp³-hybridized carbons (Fsp3) is 0.522. The molecule has 1 saturated heterocycles. The van der Waals surface area contributed by atoms with Crippen LogP contribution in [0, 0.1) is 0 Å². The lowest BCUT2D eigenvalue weighted by Crippen LogP contribution is -2.45. The molecule has 0 aromatic heterocycles. The Kier molecular flexibility index (Phi) is 4.59. The number of halogens is 2. The van der Waals surface area contributed by atoms with E-state index in [1.54, 1.807) is 4.90 Å². The van der Waals surface area contributed by atoms with E-state index < -0.39 is 12.0 Å². The lowest BCUT2D eigenvalue weighted by Gasteiger charge is -2.35. The van der Waals surface area contributed by atoms with Gasteiger partial charge in [0.05, 0.1) is 18.7 Å².